The lowest BCUT2D eigenvalue weighted by Gasteiger charge is -2.25. The fourth-order valence-corrected chi connectivity index (χ4v) is 5.71. The van der Waals surface area contributed by atoms with Crippen LogP contribution in [0.25, 0.3) is 0 Å². The maximum absolute atomic E-state index is 13.7. The van der Waals surface area contributed by atoms with Crippen LogP contribution in [0.15, 0.2) is 54.6 Å². The van der Waals surface area contributed by atoms with Crippen LogP contribution in [0, 0.1) is 18.8 Å². The van der Waals surface area contributed by atoms with E-state index < -0.39 is 54.1 Å². The largest absolute Gasteiger partial charge is 0.443 e. The highest BCUT2D eigenvalue weighted by molar-refractivity contribution is 6.38. The number of carbonyl (C=O) groups is 5. The van der Waals surface area contributed by atoms with E-state index in [1.54, 1.807) is 0 Å². The quantitative estimate of drug-likeness (QED) is 0.263. The maximum Gasteiger partial charge on any atom is 0.408 e. The van der Waals surface area contributed by atoms with Gasteiger partial charge in [0, 0.05) is 25.4 Å². The molecule has 0 bridgehead atoms. The highest BCUT2D eigenvalue weighted by atomic mass is 16.7. The van der Waals surface area contributed by atoms with Crippen LogP contribution in [-0.2, 0) is 46.4 Å². The van der Waals surface area contributed by atoms with Gasteiger partial charge in [-0.05, 0) is 37.3 Å². The summed E-state index contributed by atoms with van der Waals surface area (Å²) >= 11 is 0. The first-order valence-electron chi connectivity index (χ1n) is 15.0. The minimum atomic E-state index is -1.29. The molecule has 3 fully saturated rings. The van der Waals surface area contributed by atoms with Gasteiger partial charge in [-0.2, -0.15) is 0 Å². The van der Waals surface area contributed by atoms with Crippen molar-refractivity contribution in [1.82, 2.24) is 21.3 Å². The fourth-order valence-electron chi connectivity index (χ4n) is 5.71. The molecule has 4 amide bonds. The van der Waals surface area contributed by atoms with Crippen molar-refractivity contribution in [3.63, 3.8) is 0 Å². The van der Waals surface area contributed by atoms with E-state index in [9.17, 15) is 24.0 Å². The van der Waals surface area contributed by atoms with Crippen LogP contribution in [0.3, 0.4) is 0 Å². The van der Waals surface area contributed by atoms with E-state index in [2.05, 4.69) is 21.3 Å². The molecule has 234 valence electrons. The average Bonchev–Trinajstić information content (AvgIpc) is 3.75. The van der Waals surface area contributed by atoms with E-state index in [4.69, 9.17) is 14.2 Å². The predicted octanol–water partition coefficient (Wildman–Crippen LogP) is 1.29. The molecule has 0 aliphatic carbocycles. The molecule has 0 spiro atoms. The van der Waals surface area contributed by atoms with Crippen molar-refractivity contribution in [3.05, 3.63) is 71.3 Å². The van der Waals surface area contributed by atoms with Gasteiger partial charge in [-0.3, -0.25) is 19.2 Å². The fraction of sp³-hybridized carbons (Fsp3) is 0.469. The van der Waals surface area contributed by atoms with E-state index in [0.717, 1.165) is 16.7 Å². The van der Waals surface area contributed by atoms with Crippen LogP contribution in [0.5, 0.6) is 0 Å². The topological polar surface area (TPSA) is 161 Å². The molecular formula is C32H38N4O8. The van der Waals surface area contributed by atoms with Gasteiger partial charge in [0.05, 0.1) is 25.2 Å². The molecule has 0 aromatic heterocycles. The Kier molecular flexibility index (Phi) is 10.2. The smallest absolute Gasteiger partial charge is 0.408 e. The molecule has 2 aromatic carbocycles. The van der Waals surface area contributed by atoms with Gasteiger partial charge in [0.2, 0.25) is 17.6 Å². The van der Waals surface area contributed by atoms with Gasteiger partial charge in [-0.15, -0.1) is 0 Å². The van der Waals surface area contributed by atoms with Crippen LogP contribution in [0.2, 0.25) is 0 Å². The van der Waals surface area contributed by atoms with Crippen molar-refractivity contribution >= 4 is 29.6 Å². The number of hydrogen-bond donors (Lipinski definition) is 4. The van der Waals surface area contributed by atoms with Gasteiger partial charge < -0.3 is 35.5 Å². The number of fused-ring (bicyclic) bond motifs is 1. The summed E-state index contributed by atoms with van der Waals surface area (Å²) in [5.41, 5.74) is 2.63. The van der Waals surface area contributed by atoms with Gasteiger partial charge in [0.1, 0.15) is 12.1 Å². The molecule has 3 aliphatic rings. The van der Waals surface area contributed by atoms with Crippen molar-refractivity contribution in [3.8, 4) is 0 Å². The Morgan fingerprint density at radius 2 is 1.73 bits per heavy atom. The normalized spacial score (nSPS) is 23.6. The van der Waals surface area contributed by atoms with E-state index >= 15 is 0 Å². The molecule has 12 nitrogen and oxygen atoms in total. The highest BCUT2D eigenvalue weighted by Gasteiger charge is 2.44. The number of alkyl carbamates (subject to hydrolysis) is 1. The summed E-state index contributed by atoms with van der Waals surface area (Å²) in [5, 5.41) is 10.6. The highest BCUT2D eigenvalue weighted by Crippen LogP contribution is 2.33. The van der Waals surface area contributed by atoms with Crippen LogP contribution in [-0.4, -0.2) is 73.8 Å². The van der Waals surface area contributed by atoms with Crippen molar-refractivity contribution in [2.45, 2.75) is 63.6 Å². The molecular weight excluding hydrogens is 568 g/mol. The molecule has 3 aliphatic heterocycles. The van der Waals surface area contributed by atoms with E-state index in [-0.39, 0.29) is 37.8 Å². The Balaban J connectivity index is 1.28. The average molecular weight is 607 g/mol. The van der Waals surface area contributed by atoms with Crippen molar-refractivity contribution in [1.29, 1.82) is 0 Å². The summed E-state index contributed by atoms with van der Waals surface area (Å²) in [6.45, 7) is 3.22. The molecule has 0 saturated carbocycles. The molecule has 4 N–H and O–H groups in total. The first-order chi connectivity index (χ1) is 21.3. The number of ketones is 1. The molecule has 12 heteroatoms. The lowest BCUT2D eigenvalue weighted by molar-refractivity contribution is -0.141. The number of nitrogens with one attached hydrogen (secondary N) is 4. The van der Waals surface area contributed by atoms with Gasteiger partial charge >= 0.3 is 6.09 Å². The van der Waals surface area contributed by atoms with Gasteiger partial charge in [-0.1, -0.05) is 60.2 Å². The van der Waals surface area contributed by atoms with Crippen LogP contribution in [0.1, 0.15) is 36.0 Å². The lowest BCUT2D eigenvalue weighted by Crippen LogP contribution is -2.55. The summed E-state index contributed by atoms with van der Waals surface area (Å²) in [7, 11) is 0. The van der Waals surface area contributed by atoms with Crippen LogP contribution >= 0.6 is 0 Å². The minimum absolute atomic E-state index is 0.0562. The second-order valence-corrected chi connectivity index (χ2v) is 11.5. The third-order valence-corrected chi connectivity index (χ3v) is 8.25. The Morgan fingerprint density at radius 1 is 0.955 bits per heavy atom. The Labute approximate surface area is 255 Å². The number of rotatable bonds is 12. The Bertz CT molecular complexity index is 1350. The van der Waals surface area contributed by atoms with E-state index in [1.807, 2.05) is 61.5 Å². The maximum atomic E-state index is 13.7. The van der Waals surface area contributed by atoms with Crippen LogP contribution in [0.4, 0.5) is 4.79 Å². The zero-order valence-electron chi connectivity index (χ0n) is 24.6. The van der Waals surface area contributed by atoms with E-state index in [1.165, 1.54) is 0 Å². The van der Waals surface area contributed by atoms with Crippen molar-refractivity contribution in [2.24, 2.45) is 11.8 Å². The lowest BCUT2D eigenvalue weighted by atomic mass is 9.94. The molecule has 6 atom stereocenters. The second-order valence-electron chi connectivity index (χ2n) is 11.5. The van der Waals surface area contributed by atoms with Crippen molar-refractivity contribution in [2.75, 3.05) is 19.8 Å². The monoisotopic (exact) mass is 606 g/mol. The minimum Gasteiger partial charge on any atom is -0.443 e. The summed E-state index contributed by atoms with van der Waals surface area (Å²) in [5.74, 6) is -3.31. The molecule has 0 unspecified atom stereocenters. The zero-order chi connectivity index (χ0) is 31.1. The number of aryl methyl sites for hydroxylation is 1. The SMILES string of the molecule is Cc1ccc(CNC(=O)C(=O)[C@H](C[C@@H]2CCNC2=O)NC(=O)[C@H](Cc2ccccc2)NC(=O)O[C@H]2CO[C@H]3OCC[C@H]32)cc1. The van der Waals surface area contributed by atoms with Gasteiger partial charge in [0.15, 0.2) is 6.29 Å². The number of benzene rings is 2. The number of hydrogen-bond acceptors (Lipinski definition) is 8. The Morgan fingerprint density at radius 3 is 2.45 bits per heavy atom. The number of ether oxygens (including phenoxy) is 3. The summed E-state index contributed by atoms with van der Waals surface area (Å²) in [6.07, 6.45) is -0.529. The zero-order valence-corrected chi connectivity index (χ0v) is 24.6. The summed E-state index contributed by atoms with van der Waals surface area (Å²) in [4.78, 5) is 65.4. The number of carbonyl (C=O) groups excluding carboxylic acids is 5. The first kappa shape index (κ1) is 31.1. The van der Waals surface area contributed by atoms with Crippen LogP contribution < -0.4 is 21.3 Å². The molecule has 5 rings (SSSR count). The third kappa shape index (κ3) is 8.00. The number of Topliss-reactive ketones (excluding diaryl/α,β-unsaturated/α-hetero) is 1. The molecule has 3 saturated heterocycles. The van der Waals surface area contributed by atoms with Gasteiger partial charge in [-0.25, -0.2) is 4.79 Å². The third-order valence-electron chi connectivity index (χ3n) is 8.25. The van der Waals surface area contributed by atoms with Crippen molar-refractivity contribution < 1.29 is 38.2 Å². The van der Waals surface area contributed by atoms with Gasteiger partial charge in [0.25, 0.3) is 5.91 Å². The number of amides is 4. The predicted molar refractivity (Wildman–Crippen MR) is 157 cm³/mol. The molecule has 3 heterocycles. The molecule has 44 heavy (non-hydrogen) atoms. The van der Waals surface area contributed by atoms with E-state index in [0.29, 0.717) is 26.0 Å². The second kappa shape index (κ2) is 14.5. The summed E-state index contributed by atoms with van der Waals surface area (Å²) in [6, 6.07) is 14.1. The summed E-state index contributed by atoms with van der Waals surface area (Å²) < 4.78 is 16.7. The Hall–Kier alpha value is -4.29. The first-order valence-corrected chi connectivity index (χ1v) is 15.0. The molecule has 2 aromatic rings. The molecule has 0 radical (unpaired) electrons. The standard InChI is InChI=1S/C32H38N4O8/c1-19-7-9-21(10-8-19)17-34-30(40)27(37)24(16-22-11-13-33-28(22)38)35-29(39)25(15-20-5-3-2-4-6-20)36-32(41)44-26-18-43-31-23(26)12-14-42-31/h2-10,22-26,31H,11-18H2,1H3,(H,33,38)(H,34,40)(H,35,39)(H,36,41)/t22-,23-,24-,25-,26-,31+/m0/s1.